The van der Waals surface area contributed by atoms with E-state index in [1.54, 1.807) is 0 Å². The molecule has 0 aromatic heterocycles. The molecule has 0 atom stereocenters. The molecule has 0 saturated heterocycles. The monoisotopic (exact) mass is 392 g/mol. The lowest BCUT2D eigenvalue weighted by atomic mass is 9.69. The number of hydrogen-bond donors (Lipinski definition) is 0. The van der Waals surface area contributed by atoms with Crippen molar-refractivity contribution in [3.05, 3.63) is 42.0 Å². The van der Waals surface area contributed by atoms with Gasteiger partial charge in [0, 0.05) is 5.56 Å². The highest BCUT2D eigenvalue weighted by molar-refractivity contribution is 5.40. The zero-order valence-corrected chi connectivity index (χ0v) is 18.7. The molecule has 1 aromatic carbocycles. The van der Waals surface area contributed by atoms with Crippen LogP contribution in [0.5, 0.6) is 5.75 Å². The van der Waals surface area contributed by atoms with Crippen LogP contribution in [0.15, 0.2) is 36.4 Å². The van der Waals surface area contributed by atoms with Gasteiger partial charge in [0.2, 0.25) is 0 Å². The fourth-order valence-corrected chi connectivity index (χ4v) is 5.33. The summed E-state index contributed by atoms with van der Waals surface area (Å²) in [7, 11) is 0. The van der Waals surface area contributed by atoms with Crippen molar-refractivity contribution in [3.63, 3.8) is 0 Å². The van der Waals surface area contributed by atoms with Gasteiger partial charge < -0.3 is 4.74 Å². The first kappa shape index (κ1) is 22.0. The Morgan fingerprint density at radius 2 is 1.52 bits per heavy atom. The molecule has 0 N–H and O–H groups in total. The largest absolute Gasteiger partial charge is 0.494 e. The second-order valence-electron chi connectivity index (χ2n) is 9.25. The maximum Gasteiger partial charge on any atom is 0.119 e. The molecule has 158 valence electrons. The summed E-state index contributed by atoms with van der Waals surface area (Å²) in [6.07, 6.45) is 19.9. The highest BCUT2D eigenvalue weighted by atomic mass is 16.5. The molecule has 0 bridgehead atoms. The second-order valence-corrected chi connectivity index (χ2v) is 9.25. The van der Waals surface area contributed by atoms with Gasteiger partial charge in [-0.05, 0) is 99.0 Å². The van der Waals surface area contributed by atoms with Gasteiger partial charge in [-0.2, -0.15) is 0 Å². The Labute approximate surface area is 179 Å². The lowest BCUT2D eigenvalue weighted by Gasteiger charge is -2.37. The Balaban J connectivity index is 1.38. The van der Waals surface area contributed by atoms with E-state index in [1.807, 2.05) is 24.3 Å². The van der Waals surface area contributed by atoms with Crippen LogP contribution in [0.2, 0.25) is 0 Å². The molecule has 2 aliphatic carbocycles. The van der Waals surface area contributed by atoms with Crippen molar-refractivity contribution in [1.29, 1.82) is 0 Å². The van der Waals surface area contributed by atoms with Crippen LogP contribution in [0, 0.1) is 35.5 Å². The van der Waals surface area contributed by atoms with E-state index in [2.05, 4.69) is 37.8 Å². The van der Waals surface area contributed by atoms with Gasteiger partial charge in [0.1, 0.15) is 5.75 Å². The summed E-state index contributed by atoms with van der Waals surface area (Å²) < 4.78 is 5.62. The van der Waals surface area contributed by atoms with Gasteiger partial charge in [0.05, 0.1) is 6.61 Å². The highest BCUT2D eigenvalue weighted by Crippen LogP contribution is 2.42. The van der Waals surface area contributed by atoms with Crippen molar-refractivity contribution in [2.45, 2.75) is 84.5 Å². The van der Waals surface area contributed by atoms with E-state index in [0.717, 1.165) is 48.0 Å². The Morgan fingerprint density at radius 1 is 0.862 bits per heavy atom. The smallest absolute Gasteiger partial charge is 0.119 e. The number of hydrogen-bond acceptors (Lipinski definition) is 1. The molecule has 0 spiro atoms. The van der Waals surface area contributed by atoms with E-state index in [0.29, 0.717) is 0 Å². The molecule has 0 unspecified atom stereocenters. The molecule has 1 heteroatoms. The van der Waals surface area contributed by atoms with Gasteiger partial charge in [-0.3, -0.25) is 0 Å². The predicted molar refractivity (Wildman–Crippen MR) is 124 cm³/mol. The Bertz CT molecular complexity index is 659. The van der Waals surface area contributed by atoms with Crippen LogP contribution in [0.3, 0.4) is 0 Å². The molecule has 0 amide bonds. The van der Waals surface area contributed by atoms with Crippen LogP contribution in [-0.2, 0) is 0 Å². The number of rotatable bonds is 7. The molecule has 2 aliphatic rings. The maximum atomic E-state index is 5.62. The summed E-state index contributed by atoms with van der Waals surface area (Å²) in [6, 6.07) is 8.12. The van der Waals surface area contributed by atoms with E-state index in [-0.39, 0.29) is 0 Å². The van der Waals surface area contributed by atoms with E-state index in [4.69, 9.17) is 4.74 Å². The van der Waals surface area contributed by atoms with Gasteiger partial charge in [-0.25, -0.2) is 0 Å². The van der Waals surface area contributed by atoms with Crippen LogP contribution in [0.1, 0.15) is 90.0 Å². The van der Waals surface area contributed by atoms with Crippen LogP contribution in [-0.4, -0.2) is 6.61 Å². The molecule has 0 heterocycles. The summed E-state index contributed by atoms with van der Waals surface area (Å²) in [4.78, 5) is 0. The third kappa shape index (κ3) is 7.26. The highest BCUT2D eigenvalue weighted by Gasteiger charge is 2.29. The standard InChI is InChI=1S/C28H40O/c1-3-7-23-10-16-26(17-11-23)27-18-12-24(13-19-27)8-5-6-9-25-14-20-28(21-15-25)29-22-4-2/h5,8,14-15,20-21,23-24,26-27H,3-4,7,10-13,16-19,22H2,1-2H3/b8-5+/t23-,24?,26-,27?. The summed E-state index contributed by atoms with van der Waals surface area (Å²) in [5, 5.41) is 0. The van der Waals surface area contributed by atoms with Gasteiger partial charge in [0.15, 0.2) is 0 Å². The van der Waals surface area contributed by atoms with Crippen LogP contribution < -0.4 is 4.74 Å². The molecule has 29 heavy (non-hydrogen) atoms. The number of allylic oxidation sites excluding steroid dienone is 2. The molecular weight excluding hydrogens is 352 g/mol. The summed E-state index contributed by atoms with van der Waals surface area (Å²) in [5.41, 5.74) is 1.06. The first-order chi connectivity index (χ1) is 14.3. The van der Waals surface area contributed by atoms with E-state index >= 15 is 0 Å². The number of benzene rings is 1. The molecule has 0 radical (unpaired) electrons. The van der Waals surface area contributed by atoms with E-state index in [9.17, 15) is 0 Å². The molecule has 1 nitrogen and oxygen atoms in total. The molecule has 0 aliphatic heterocycles. The lowest BCUT2D eigenvalue weighted by Crippen LogP contribution is -2.25. The Morgan fingerprint density at radius 3 is 2.14 bits per heavy atom. The zero-order valence-electron chi connectivity index (χ0n) is 18.7. The molecular formula is C28H40O. The van der Waals surface area contributed by atoms with Crippen molar-refractivity contribution in [1.82, 2.24) is 0 Å². The fraction of sp³-hybridized carbons (Fsp3) is 0.643. The summed E-state index contributed by atoms with van der Waals surface area (Å²) in [6.45, 7) is 5.23. The van der Waals surface area contributed by atoms with Gasteiger partial charge in [-0.15, -0.1) is 0 Å². The molecule has 1 aromatic rings. The van der Waals surface area contributed by atoms with Crippen molar-refractivity contribution in [2.75, 3.05) is 6.61 Å². The van der Waals surface area contributed by atoms with Crippen molar-refractivity contribution < 1.29 is 4.74 Å². The second kappa shape index (κ2) is 12.1. The minimum atomic E-state index is 0.738. The molecule has 2 fully saturated rings. The van der Waals surface area contributed by atoms with Gasteiger partial charge in [0.25, 0.3) is 0 Å². The normalized spacial score (nSPS) is 27.4. The third-order valence-corrected chi connectivity index (χ3v) is 7.07. The van der Waals surface area contributed by atoms with E-state index in [1.165, 1.54) is 64.2 Å². The average Bonchev–Trinajstić information content (AvgIpc) is 2.77. The SMILES string of the molecule is CCCOc1ccc(C#C/C=C/C2CCC([C@H]3CC[C@H](CCC)CC3)CC2)cc1. The maximum absolute atomic E-state index is 5.62. The zero-order chi connectivity index (χ0) is 20.3. The minimum Gasteiger partial charge on any atom is -0.494 e. The van der Waals surface area contributed by atoms with Crippen molar-refractivity contribution >= 4 is 0 Å². The quantitative estimate of drug-likeness (QED) is 0.430. The third-order valence-electron chi connectivity index (χ3n) is 7.07. The van der Waals surface area contributed by atoms with E-state index < -0.39 is 0 Å². The van der Waals surface area contributed by atoms with Gasteiger partial charge >= 0.3 is 0 Å². The van der Waals surface area contributed by atoms with Crippen molar-refractivity contribution in [2.24, 2.45) is 23.7 Å². The van der Waals surface area contributed by atoms with Crippen LogP contribution in [0.25, 0.3) is 0 Å². The minimum absolute atomic E-state index is 0.738. The summed E-state index contributed by atoms with van der Waals surface area (Å²) >= 11 is 0. The lowest BCUT2D eigenvalue weighted by molar-refractivity contribution is 0.152. The first-order valence-corrected chi connectivity index (χ1v) is 12.2. The van der Waals surface area contributed by atoms with Crippen LogP contribution >= 0.6 is 0 Å². The van der Waals surface area contributed by atoms with Crippen LogP contribution in [0.4, 0.5) is 0 Å². The topological polar surface area (TPSA) is 9.23 Å². The fourth-order valence-electron chi connectivity index (χ4n) is 5.33. The average molecular weight is 393 g/mol. The summed E-state index contributed by atoms with van der Waals surface area (Å²) in [5.74, 6) is 11.2. The Hall–Kier alpha value is -1.68. The molecule has 3 rings (SSSR count). The number of ether oxygens (including phenoxy) is 1. The predicted octanol–water partition coefficient (Wildman–Crippen LogP) is 7.80. The van der Waals surface area contributed by atoms with Gasteiger partial charge in [-0.1, -0.05) is 57.4 Å². The Kier molecular flexibility index (Phi) is 9.20. The first-order valence-electron chi connectivity index (χ1n) is 12.2. The van der Waals surface area contributed by atoms with Crippen molar-refractivity contribution in [3.8, 4) is 17.6 Å². The molecule has 2 saturated carbocycles.